The fraction of sp³-hybridized carbons (Fsp3) is 0.531. The Balaban J connectivity index is 1.05. The maximum atomic E-state index is 13.0. The number of benzene rings is 2. The van der Waals surface area contributed by atoms with E-state index in [0.717, 1.165) is 75.8 Å². The smallest absolute Gasteiger partial charge is 0.255 e. The lowest BCUT2D eigenvalue weighted by atomic mass is 10.0. The number of hydrogen-bond donors (Lipinski definition) is 1. The molecule has 0 aliphatic carbocycles. The molecule has 4 aliphatic heterocycles. The average Bonchev–Trinajstić information content (AvgIpc) is 3.33. The predicted octanol–water partition coefficient (Wildman–Crippen LogP) is 2.59. The Bertz CT molecular complexity index is 1300. The first-order chi connectivity index (χ1) is 20.5. The molecule has 2 aromatic rings. The van der Waals surface area contributed by atoms with Crippen LogP contribution in [0.3, 0.4) is 0 Å². The van der Waals surface area contributed by atoms with Crippen LogP contribution in [0.2, 0.25) is 0 Å². The molecule has 0 radical (unpaired) electrons. The van der Waals surface area contributed by atoms with E-state index in [9.17, 15) is 14.4 Å². The number of nitrogens with zero attached hydrogens (tertiary/aromatic N) is 3. The molecule has 0 spiro atoms. The first-order valence-electron chi connectivity index (χ1n) is 15.2. The highest BCUT2D eigenvalue weighted by Gasteiger charge is 2.39. The van der Waals surface area contributed by atoms with E-state index in [-0.39, 0.29) is 24.3 Å². The summed E-state index contributed by atoms with van der Waals surface area (Å²) in [4.78, 5) is 43.4. The van der Waals surface area contributed by atoms with Crippen molar-refractivity contribution in [3.63, 3.8) is 0 Å². The largest absolute Gasteiger partial charge is 0.492 e. The second-order valence-electron chi connectivity index (χ2n) is 11.6. The van der Waals surface area contributed by atoms with E-state index in [1.165, 1.54) is 12.0 Å². The Labute approximate surface area is 246 Å². The molecular weight excluding hydrogens is 536 g/mol. The number of para-hydroxylation sites is 1. The molecule has 0 bridgehead atoms. The van der Waals surface area contributed by atoms with Crippen LogP contribution in [0.5, 0.6) is 11.5 Å². The molecule has 3 fully saturated rings. The zero-order chi connectivity index (χ0) is 28.9. The summed E-state index contributed by atoms with van der Waals surface area (Å²) in [6, 6.07) is 13.5. The van der Waals surface area contributed by atoms with Crippen LogP contribution in [0.15, 0.2) is 42.5 Å². The van der Waals surface area contributed by atoms with Gasteiger partial charge >= 0.3 is 0 Å². The number of piperidine rings is 2. The van der Waals surface area contributed by atoms with Crippen molar-refractivity contribution in [2.24, 2.45) is 0 Å². The molecule has 6 rings (SSSR count). The molecule has 10 heteroatoms. The van der Waals surface area contributed by atoms with Gasteiger partial charge in [0.05, 0.1) is 13.2 Å². The highest BCUT2D eigenvalue weighted by Crippen LogP contribution is 2.31. The number of ether oxygens (including phenoxy) is 3. The Morgan fingerprint density at radius 2 is 1.81 bits per heavy atom. The van der Waals surface area contributed by atoms with Gasteiger partial charge in [-0.15, -0.1) is 0 Å². The molecule has 224 valence electrons. The fourth-order valence-electron chi connectivity index (χ4n) is 6.39. The Morgan fingerprint density at radius 1 is 0.952 bits per heavy atom. The molecule has 3 amide bonds. The normalized spacial score (nSPS) is 23.5. The highest BCUT2D eigenvalue weighted by atomic mass is 16.5. The molecule has 0 saturated carbocycles. The van der Waals surface area contributed by atoms with Gasteiger partial charge < -0.3 is 19.1 Å². The number of hydrogen-bond acceptors (Lipinski definition) is 8. The minimum Gasteiger partial charge on any atom is -0.492 e. The van der Waals surface area contributed by atoms with E-state index in [0.29, 0.717) is 31.7 Å². The van der Waals surface area contributed by atoms with Crippen LogP contribution in [0, 0.1) is 0 Å². The molecule has 42 heavy (non-hydrogen) atoms. The number of morpholine rings is 1. The van der Waals surface area contributed by atoms with Crippen LogP contribution >= 0.6 is 0 Å². The number of fused-ring (bicyclic) bond motifs is 1. The molecular formula is C32H40N4O6. The van der Waals surface area contributed by atoms with Gasteiger partial charge in [0.2, 0.25) is 11.8 Å². The molecule has 1 N–H and O–H groups in total. The lowest BCUT2D eigenvalue weighted by molar-refractivity contribution is -0.136. The second-order valence-corrected chi connectivity index (χ2v) is 11.6. The van der Waals surface area contributed by atoms with Crippen molar-refractivity contribution in [1.29, 1.82) is 0 Å². The Morgan fingerprint density at radius 3 is 2.67 bits per heavy atom. The molecule has 10 nitrogen and oxygen atoms in total. The summed E-state index contributed by atoms with van der Waals surface area (Å²) in [5.41, 5.74) is 2.64. The fourth-order valence-corrected chi connectivity index (χ4v) is 6.39. The lowest BCUT2D eigenvalue weighted by Crippen LogP contribution is -2.52. The molecule has 2 atom stereocenters. The zero-order valence-corrected chi connectivity index (χ0v) is 24.1. The standard InChI is InChI=1S/C32H40N4O6/c37-30-11-10-28(31(38)33-30)36-21-24-19-26(8-9-27(24)32(36)39)42-22-25-6-3-4-12-35(25)20-23-5-1-2-7-29(23)41-18-15-34-13-16-40-17-14-34/h1-2,5,7-9,19,25,28H,3-4,6,10-18,20-22H2,(H,33,37,38)/t25-,28?/m0/s1. The van der Waals surface area contributed by atoms with E-state index in [2.05, 4.69) is 33.3 Å². The number of carbonyl (C=O) groups is 3. The van der Waals surface area contributed by atoms with Gasteiger partial charge in [0.25, 0.3) is 5.91 Å². The first-order valence-corrected chi connectivity index (χ1v) is 15.2. The molecule has 4 heterocycles. The number of likely N-dealkylation sites (tertiary alicyclic amines) is 1. The third kappa shape index (κ3) is 6.61. The minimum atomic E-state index is -0.617. The van der Waals surface area contributed by atoms with E-state index in [4.69, 9.17) is 14.2 Å². The van der Waals surface area contributed by atoms with Crippen LogP contribution in [-0.2, 0) is 27.4 Å². The van der Waals surface area contributed by atoms with Crippen molar-refractivity contribution in [2.75, 3.05) is 52.6 Å². The van der Waals surface area contributed by atoms with Gasteiger partial charge in [0, 0.05) is 56.3 Å². The van der Waals surface area contributed by atoms with E-state index in [1.54, 1.807) is 11.0 Å². The summed E-state index contributed by atoms with van der Waals surface area (Å²) in [7, 11) is 0. The predicted molar refractivity (Wildman–Crippen MR) is 155 cm³/mol. The third-order valence-electron chi connectivity index (χ3n) is 8.80. The second kappa shape index (κ2) is 13.2. The molecule has 3 saturated heterocycles. The lowest BCUT2D eigenvalue weighted by Gasteiger charge is -2.36. The number of rotatable bonds is 10. The highest BCUT2D eigenvalue weighted by molar-refractivity contribution is 6.05. The first kappa shape index (κ1) is 28.6. The van der Waals surface area contributed by atoms with Crippen molar-refractivity contribution >= 4 is 17.7 Å². The van der Waals surface area contributed by atoms with Gasteiger partial charge in [-0.3, -0.25) is 29.5 Å². The van der Waals surface area contributed by atoms with Crippen molar-refractivity contribution < 1.29 is 28.6 Å². The molecule has 0 aromatic heterocycles. The summed E-state index contributed by atoms with van der Waals surface area (Å²) in [6.07, 6.45) is 3.99. The van der Waals surface area contributed by atoms with Gasteiger partial charge in [-0.05, 0) is 55.6 Å². The number of carbonyl (C=O) groups excluding carboxylic acids is 3. The topological polar surface area (TPSA) is 101 Å². The van der Waals surface area contributed by atoms with Crippen LogP contribution < -0.4 is 14.8 Å². The van der Waals surface area contributed by atoms with Crippen LogP contribution in [0.25, 0.3) is 0 Å². The van der Waals surface area contributed by atoms with Gasteiger partial charge in [-0.2, -0.15) is 0 Å². The van der Waals surface area contributed by atoms with Crippen molar-refractivity contribution in [2.45, 2.75) is 57.3 Å². The van der Waals surface area contributed by atoms with Crippen molar-refractivity contribution in [3.05, 3.63) is 59.2 Å². The summed E-state index contributed by atoms with van der Waals surface area (Å²) >= 11 is 0. The van der Waals surface area contributed by atoms with Gasteiger partial charge in [-0.25, -0.2) is 0 Å². The number of nitrogens with one attached hydrogen (secondary N) is 1. The minimum absolute atomic E-state index is 0.171. The number of amides is 3. The van der Waals surface area contributed by atoms with Crippen molar-refractivity contribution in [1.82, 2.24) is 20.0 Å². The van der Waals surface area contributed by atoms with E-state index < -0.39 is 11.9 Å². The molecule has 1 unspecified atom stereocenters. The zero-order valence-electron chi connectivity index (χ0n) is 24.1. The Kier molecular flexibility index (Phi) is 9.02. The summed E-state index contributed by atoms with van der Waals surface area (Å²) in [6.45, 7) is 7.77. The Hall–Kier alpha value is -3.47. The van der Waals surface area contributed by atoms with Crippen LogP contribution in [0.4, 0.5) is 0 Å². The SMILES string of the molecule is O=C1CCC(N2Cc3cc(OC[C@@H]4CCCCN4Cc4ccccc4OCCN4CCOCC4)ccc3C2=O)C(=O)N1. The monoisotopic (exact) mass is 576 g/mol. The summed E-state index contributed by atoms with van der Waals surface area (Å²) in [5.74, 6) is 0.817. The van der Waals surface area contributed by atoms with Gasteiger partial charge in [0.15, 0.2) is 0 Å². The molecule has 4 aliphatic rings. The third-order valence-corrected chi connectivity index (χ3v) is 8.80. The van der Waals surface area contributed by atoms with Gasteiger partial charge in [-0.1, -0.05) is 24.6 Å². The van der Waals surface area contributed by atoms with E-state index >= 15 is 0 Å². The maximum Gasteiger partial charge on any atom is 0.255 e. The number of imide groups is 1. The summed E-state index contributed by atoms with van der Waals surface area (Å²) in [5, 5.41) is 2.35. The van der Waals surface area contributed by atoms with Crippen LogP contribution in [-0.4, -0.2) is 97.1 Å². The van der Waals surface area contributed by atoms with Crippen LogP contribution in [0.1, 0.15) is 53.6 Å². The van der Waals surface area contributed by atoms with Gasteiger partial charge in [0.1, 0.15) is 30.8 Å². The quantitative estimate of drug-likeness (QED) is 0.431. The summed E-state index contributed by atoms with van der Waals surface area (Å²) < 4.78 is 18.0. The average molecular weight is 577 g/mol. The maximum absolute atomic E-state index is 13.0. The van der Waals surface area contributed by atoms with E-state index in [1.807, 2.05) is 18.2 Å². The molecule has 2 aromatic carbocycles. The van der Waals surface area contributed by atoms with Crippen molar-refractivity contribution in [3.8, 4) is 11.5 Å².